The molecule has 0 radical (unpaired) electrons. The van der Waals surface area contributed by atoms with Gasteiger partial charge in [0.05, 0.1) is 35.2 Å². The first-order valence-electron chi connectivity index (χ1n) is 20.8. The Morgan fingerprint density at radius 3 is 1.33 bits per heavy atom. The predicted molar refractivity (Wildman–Crippen MR) is 238 cm³/mol. The van der Waals surface area contributed by atoms with Gasteiger partial charge >= 0.3 is 0 Å². The number of benzene rings is 4. The van der Waals surface area contributed by atoms with Crippen molar-refractivity contribution in [2.45, 2.75) is 26.7 Å². The molecule has 16 heteroatoms. The molecule has 2 N–H and O–H groups in total. The largest absolute Gasteiger partial charge is 0.436 e. The van der Waals surface area contributed by atoms with Gasteiger partial charge in [-0.05, 0) is 84.6 Å². The molecule has 0 spiro atoms. The Balaban J connectivity index is 0.000000162. The summed E-state index contributed by atoms with van der Waals surface area (Å²) in [6, 6.07) is 28.6. The van der Waals surface area contributed by atoms with Crippen LogP contribution in [-0.2, 0) is 9.59 Å². The van der Waals surface area contributed by atoms with Crippen LogP contribution >= 0.6 is 0 Å². The number of piperidine rings is 2. The Hall–Kier alpha value is -8.14. The van der Waals surface area contributed by atoms with Crippen LogP contribution in [0.2, 0.25) is 0 Å². The molecule has 1 unspecified atom stereocenters. The molecule has 2 saturated heterocycles. The van der Waals surface area contributed by atoms with Crippen LogP contribution in [0.25, 0.3) is 22.1 Å². The van der Waals surface area contributed by atoms with E-state index in [1.807, 2.05) is 72.2 Å². The van der Waals surface area contributed by atoms with Crippen molar-refractivity contribution in [2.24, 2.45) is 11.8 Å². The molecule has 2 atom stereocenters. The van der Waals surface area contributed by atoms with E-state index < -0.39 is 0 Å². The van der Waals surface area contributed by atoms with Crippen LogP contribution in [0.3, 0.4) is 0 Å². The van der Waals surface area contributed by atoms with Crippen LogP contribution < -0.4 is 19.3 Å². The van der Waals surface area contributed by atoms with Gasteiger partial charge in [-0.15, -0.1) is 0 Å². The summed E-state index contributed by atoms with van der Waals surface area (Å²) in [7, 11) is 0. The zero-order valence-corrected chi connectivity index (χ0v) is 35.0. The fourth-order valence-corrected chi connectivity index (χ4v) is 7.85. The monoisotopic (exact) mass is 854 g/mol. The molecular weight excluding hydrogens is 813 g/mol. The minimum Gasteiger partial charge on any atom is -0.436 e. The topological polar surface area (TPSA) is 202 Å². The maximum absolute atomic E-state index is 12.8. The number of ketones is 4. The molecule has 6 heterocycles. The number of ether oxygens (including phenoxy) is 2. The van der Waals surface area contributed by atoms with E-state index in [9.17, 15) is 19.2 Å². The van der Waals surface area contributed by atoms with Gasteiger partial charge in [-0.1, -0.05) is 38.1 Å². The lowest BCUT2D eigenvalue weighted by Gasteiger charge is -2.31. The number of hydrogen-bond donors (Lipinski definition) is 2. The molecular formula is C48H42N10O6. The van der Waals surface area contributed by atoms with Crippen LogP contribution in [0.1, 0.15) is 59.1 Å². The highest BCUT2D eigenvalue weighted by Crippen LogP contribution is 2.32. The van der Waals surface area contributed by atoms with Crippen LogP contribution in [0.5, 0.6) is 23.3 Å². The lowest BCUT2D eigenvalue weighted by molar-refractivity contribution is -0.120. The number of para-hydroxylation sites is 4. The van der Waals surface area contributed by atoms with Gasteiger partial charge in [0.25, 0.3) is 11.8 Å². The summed E-state index contributed by atoms with van der Waals surface area (Å²) in [6.45, 7) is 6.10. The van der Waals surface area contributed by atoms with Crippen LogP contribution in [0, 0.1) is 11.8 Å². The van der Waals surface area contributed by atoms with Crippen molar-refractivity contribution >= 4 is 56.8 Å². The molecule has 2 aliphatic heterocycles. The van der Waals surface area contributed by atoms with Crippen molar-refractivity contribution in [3.05, 3.63) is 145 Å². The van der Waals surface area contributed by atoms with Gasteiger partial charge in [0.2, 0.25) is 11.6 Å². The molecule has 2 aliphatic rings. The molecule has 0 saturated carbocycles. The number of anilines is 2. The van der Waals surface area contributed by atoms with E-state index in [0.29, 0.717) is 96.7 Å². The number of Topliss-reactive ketones (excluding diaryl/α,β-unsaturated/α-hetero) is 2. The Bertz CT molecular complexity index is 2730. The van der Waals surface area contributed by atoms with E-state index in [1.165, 1.54) is 0 Å². The molecule has 320 valence electrons. The summed E-state index contributed by atoms with van der Waals surface area (Å²) in [5, 5.41) is 0. The van der Waals surface area contributed by atoms with Crippen molar-refractivity contribution in [2.75, 3.05) is 36.0 Å². The molecule has 64 heavy (non-hydrogen) atoms. The second-order valence-electron chi connectivity index (χ2n) is 15.9. The molecule has 8 aromatic rings. The molecule has 4 aromatic carbocycles. The maximum Gasteiger partial charge on any atom is 0.263 e. The molecule has 0 amide bonds. The third-order valence-electron chi connectivity index (χ3n) is 10.7. The standard InChI is InChI=1S/2C24H21N5O3/c2*1-15-12-17(30)14-29(13-15)23-24(26-11-10-25-23)32-18-8-6-16(7-9-18)21(31)22-27-19-4-2-3-5-20(19)28-22/h2*2-11,15H,12-14H2,1H3,(H,27,28)/t15-;/m1./s1. The SMILES string of the molecule is CC1CC(=O)CN(c2nccnc2Oc2ccc(C(=O)c3nc4ccccc4[nH]3)cc2)C1.C[C@@H]1CC(=O)CN(c2nccnc2Oc2ccc(C(=O)c3nc4ccccc4[nH]3)cc2)C1. The van der Waals surface area contributed by atoms with Crippen molar-refractivity contribution in [1.82, 2.24) is 39.9 Å². The van der Waals surface area contributed by atoms with Crippen molar-refractivity contribution < 1.29 is 28.7 Å². The average Bonchev–Trinajstić information content (AvgIpc) is 3.95. The van der Waals surface area contributed by atoms with E-state index in [-0.39, 0.29) is 35.0 Å². The van der Waals surface area contributed by atoms with Gasteiger partial charge in [0.15, 0.2) is 34.9 Å². The average molecular weight is 855 g/mol. The Labute approximate surface area is 366 Å². The van der Waals surface area contributed by atoms with Crippen LogP contribution in [-0.4, -0.2) is 89.2 Å². The zero-order valence-electron chi connectivity index (χ0n) is 35.0. The Kier molecular flexibility index (Phi) is 11.6. The van der Waals surface area contributed by atoms with Gasteiger partial charge in [0, 0.05) is 61.8 Å². The summed E-state index contributed by atoms with van der Waals surface area (Å²) >= 11 is 0. The summed E-state index contributed by atoms with van der Waals surface area (Å²) in [5.74, 6) is 3.78. The minimum atomic E-state index is -0.200. The van der Waals surface area contributed by atoms with Crippen molar-refractivity contribution in [3.8, 4) is 23.3 Å². The highest BCUT2D eigenvalue weighted by atomic mass is 16.5. The third kappa shape index (κ3) is 9.21. The first-order valence-corrected chi connectivity index (χ1v) is 20.8. The van der Waals surface area contributed by atoms with Gasteiger partial charge in [-0.2, -0.15) is 0 Å². The number of carbonyl (C=O) groups excluding carboxylic acids is 4. The maximum atomic E-state index is 12.8. The first-order chi connectivity index (χ1) is 31.1. The molecule has 4 aromatic heterocycles. The fraction of sp³-hybridized carbons (Fsp3) is 0.208. The number of H-pyrrole nitrogens is 2. The highest BCUT2D eigenvalue weighted by molar-refractivity contribution is 6.08. The number of carbonyl (C=O) groups is 4. The Morgan fingerprint density at radius 2 is 0.938 bits per heavy atom. The van der Waals surface area contributed by atoms with E-state index in [0.717, 1.165) is 22.1 Å². The number of hydrogen-bond acceptors (Lipinski definition) is 14. The van der Waals surface area contributed by atoms with Crippen LogP contribution in [0.15, 0.2) is 122 Å². The highest BCUT2D eigenvalue weighted by Gasteiger charge is 2.28. The number of nitrogens with one attached hydrogen (secondary N) is 2. The molecule has 0 aliphatic carbocycles. The predicted octanol–water partition coefficient (Wildman–Crippen LogP) is 7.58. The second kappa shape index (κ2) is 18.1. The lowest BCUT2D eigenvalue weighted by Crippen LogP contribution is -2.40. The molecule has 16 nitrogen and oxygen atoms in total. The van der Waals surface area contributed by atoms with E-state index >= 15 is 0 Å². The number of rotatable bonds is 10. The fourth-order valence-electron chi connectivity index (χ4n) is 7.85. The van der Waals surface area contributed by atoms with E-state index in [1.54, 1.807) is 73.3 Å². The number of aromatic amines is 2. The van der Waals surface area contributed by atoms with Gasteiger partial charge in [0.1, 0.15) is 11.5 Å². The van der Waals surface area contributed by atoms with Crippen molar-refractivity contribution in [1.29, 1.82) is 0 Å². The number of aromatic nitrogens is 8. The van der Waals surface area contributed by atoms with Gasteiger partial charge < -0.3 is 29.2 Å². The van der Waals surface area contributed by atoms with Crippen molar-refractivity contribution in [3.63, 3.8) is 0 Å². The quantitative estimate of drug-likeness (QED) is 0.127. The lowest BCUT2D eigenvalue weighted by atomic mass is 9.99. The van der Waals surface area contributed by atoms with E-state index in [2.05, 4.69) is 39.9 Å². The van der Waals surface area contributed by atoms with Gasteiger partial charge in [-0.25, -0.2) is 29.9 Å². The normalized spacial score (nSPS) is 16.3. The van der Waals surface area contributed by atoms with Crippen LogP contribution in [0.4, 0.5) is 11.6 Å². The summed E-state index contributed by atoms with van der Waals surface area (Å²) in [6.07, 6.45) is 7.42. The number of imidazole rings is 2. The Morgan fingerprint density at radius 1 is 0.547 bits per heavy atom. The number of fused-ring (bicyclic) bond motifs is 2. The molecule has 2 fully saturated rings. The minimum absolute atomic E-state index is 0.175. The zero-order chi connectivity index (χ0) is 44.2. The van der Waals surface area contributed by atoms with E-state index in [4.69, 9.17) is 9.47 Å². The molecule has 0 bridgehead atoms. The third-order valence-corrected chi connectivity index (χ3v) is 10.7. The summed E-state index contributed by atoms with van der Waals surface area (Å²) < 4.78 is 11.9. The smallest absolute Gasteiger partial charge is 0.263 e. The second-order valence-corrected chi connectivity index (χ2v) is 15.9. The number of nitrogens with zero attached hydrogens (tertiary/aromatic N) is 8. The molecule has 10 rings (SSSR count). The van der Waals surface area contributed by atoms with Gasteiger partial charge in [-0.3, -0.25) is 19.2 Å². The summed E-state index contributed by atoms with van der Waals surface area (Å²) in [5.41, 5.74) is 4.11. The summed E-state index contributed by atoms with van der Waals surface area (Å²) in [4.78, 5) is 85.7. The first kappa shape index (κ1) is 41.2.